The number of likely N-dealkylation sites (tertiary alicyclic amines) is 1. The number of hydrogen-bond acceptors (Lipinski definition) is 3. The van der Waals surface area contributed by atoms with Gasteiger partial charge in [0.1, 0.15) is 0 Å². The van der Waals surface area contributed by atoms with Gasteiger partial charge in [0.15, 0.2) is 0 Å². The SMILES string of the molecule is CCC1CC2C(=O)N(CC(NC)C(C)(C)C)C(=O)C2C1. The molecule has 0 aromatic heterocycles. The van der Waals surface area contributed by atoms with Gasteiger partial charge in [0.05, 0.1) is 11.8 Å². The van der Waals surface area contributed by atoms with Crippen LogP contribution in [0.1, 0.15) is 47.0 Å². The average Bonchev–Trinajstić information content (AvgIpc) is 2.88. The van der Waals surface area contributed by atoms with Gasteiger partial charge < -0.3 is 5.32 Å². The Kier molecular flexibility index (Phi) is 4.24. The molecule has 1 N–H and O–H groups in total. The maximum Gasteiger partial charge on any atom is 0.233 e. The third-order valence-corrected chi connectivity index (χ3v) is 5.16. The summed E-state index contributed by atoms with van der Waals surface area (Å²) < 4.78 is 0. The monoisotopic (exact) mass is 280 g/mol. The van der Waals surface area contributed by atoms with Crippen molar-refractivity contribution in [3.63, 3.8) is 0 Å². The van der Waals surface area contributed by atoms with Gasteiger partial charge in [-0.2, -0.15) is 0 Å². The van der Waals surface area contributed by atoms with E-state index >= 15 is 0 Å². The van der Waals surface area contributed by atoms with E-state index in [4.69, 9.17) is 0 Å². The zero-order valence-corrected chi connectivity index (χ0v) is 13.4. The molecule has 0 spiro atoms. The standard InChI is InChI=1S/C16H28N2O2/c1-6-10-7-11-12(8-10)15(20)18(14(11)19)9-13(17-5)16(2,3)4/h10-13,17H,6-9H2,1-5H3. The Morgan fingerprint density at radius 3 is 2.05 bits per heavy atom. The molecule has 0 aromatic carbocycles. The molecule has 114 valence electrons. The molecule has 4 heteroatoms. The van der Waals surface area contributed by atoms with Crippen LogP contribution >= 0.6 is 0 Å². The minimum atomic E-state index is -0.0371. The van der Waals surface area contributed by atoms with E-state index in [1.165, 1.54) is 4.90 Å². The molecule has 2 rings (SSSR count). The van der Waals surface area contributed by atoms with E-state index < -0.39 is 0 Å². The molecule has 3 atom stereocenters. The normalized spacial score (nSPS) is 31.9. The van der Waals surface area contributed by atoms with Crippen LogP contribution in [0.2, 0.25) is 0 Å². The van der Waals surface area contributed by atoms with Gasteiger partial charge in [-0.05, 0) is 31.2 Å². The van der Waals surface area contributed by atoms with Gasteiger partial charge >= 0.3 is 0 Å². The second-order valence-corrected chi connectivity index (χ2v) is 7.45. The van der Waals surface area contributed by atoms with E-state index in [9.17, 15) is 9.59 Å². The number of nitrogens with one attached hydrogen (secondary N) is 1. The third-order valence-electron chi connectivity index (χ3n) is 5.16. The molecule has 0 bridgehead atoms. The van der Waals surface area contributed by atoms with Gasteiger partial charge in [-0.3, -0.25) is 14.5 Å². The Hall–Kier alpha value is -0.900. The molecule has 1 saturated heterocycles. The second-order valence-electron chi connectivity index (χ2n) is 7.45. The van der Waals surface area contributed by atoms with E-state index in [2.05, 4.69) is 33.0 Å². The van der Waals surface area contributed by atoms with Crippen LogP contribution in [0.15, 0.2) is 0 Å². The van der Waals surface area contributed by atoms with Gasteiger partial charge in [0.25, 0.3) is 0 Å². The quantitative estimate of drug-likeness (QED) is 0.802. The summed E-state index contributed by atoms with van der Waals surface area (Å²) in [4.78, 5) is 26.6. The zero-order chi connectivity index (χ0) is 15.1. The van der Waals surface area contributed by atoms with Crippen molar-refractivity contribution in [3.05, 3.63) is 0 Å². The van der Waals surface area contributed by atoms with Gasteiger partial charge in [-0.25, -0.2) is 0 Å². The molecule has 1 saturated carbocycles. The van der Waals surface area contributed by atoms with Crippen LogP contribution in [0.5, 0.6) is 0 Å². The van der Waals surface area contributed by atoms with E-state index in [-0.39, 0.29) is 35.1 Å². The molecule has 0 radical (unpaired) electrons. The van der Waals surface area contributed by atoms with Crippen molar-refractivity contribution >= 4 is 11.8 Å². The molecule has 0 aromatic rings. The molecule has 20 heavy (non-hydrogen) atoms. The Morgan fingerprint density at radius 1 is 1.20 bits per heavy atom. The highest BCUT2D eigenvalue weighted by Crippen LogP contribution is 2.44. The van der Waals surface area contributed by atoms with E-state index in [0.29, 0.717) is 12.5 Å². The van der Waals surface area contributed by atoms with Crippen molar-refractivity contribution in [2.24, 2.45) is 23.2 Å². The molecule has 1 aliphatic carbocycles. The lowest BCUT2D eigenvalue weighted by atomic mass is 9.86. The number of nitrogens with zero attached hydrogens (tertiary/aromatic N) is 1. The Labute approximate surface area is 122 Å². The van der Waals surface area contributed by atoms with Crippen LogP contribution in [-0.4, -0.2) is 36.3 Å². The summed E-state index contributed by atoms with van der Waals surface area (Å²) in [5.41, 5.74) is 0.0268. The fourth-order valence-electron chi connectivity index (χ4n) is 3.69. The first-order chi connectivity index (χ1) is 9.29. The zero-order valence-electron chi connectivity index (χ0n) is 13.4. The average molecular weight is 280 g/mol. The largest absolute Gasteiger partial charge is 0.315 e. The van der Waals surface area contributed by atoms with Crippen molar-refractivity contribution in [1.29, 1.82) is 0 Å². The summed E-state index contributed by atoms with van der Waals surface area (Å²) in [6.45, 7) is 9.05. The first-order valence-electron chi connectivity index (χ1n) is 7.82. The number of fused-ring (bicyclic) bond motifs is 1. The Balaban J connectivity index is 2.09. The first kappa shape index (κ1) is 15.5. The predicted octanol–water partition coefficient (Wildman–Crippen LogP) is 2.04. The highest BCUT2D eigenvalue weighted by atomic mass is 16.2. The second kappa shape index (κ2) is 5.47. The van der Waals surface area contributed by atoms with Crippen molar-refractivity contribution < 1.29 is 9.59 Å². The van der Waals surface area contributed by atoms with Crippen molar-refractivity contribution in [2.45, 2.75) is 53.0 Å². The summed E-state index contributed by atoms with van der Waals surface area (Å²) in [7, 11) is 1.90. The predicted molar refractivity (Wildman–Crippen MR) is 79.0 cm³/mol. The van der Waals surface area contributed by atoms with Gasteiger partial charge in [-0.1, -0.05) is 34.1 Å². The van der Waals surface area contributed by atoms with E-state index in [1.807, 2.05) is 7.05 Å². The Morgan fingerprint density at radius 2 is 1.70 bits per heavy atom. The summed E-state index contributed by atoms with van der Waals surface area (Å²) in [6.07, 6.45) is 2.89. The molecule has 1 heterocycles. The van der Waals surface area contributed by atoms with Gasteiger partial charge in [0, 0.05) is 12.6 Å². The van der Waals surface area contributed by atoms with Gasteiger partial charge in [0.2, 0.25) is 11.8 Å². The fourth-order valence-corrected chi connectivity index (χ4v) is 3.69. The molecule has 2 aliphatic rings. The number of rotatable bonds is 4. The van der Waals surface area contributed by atoms with Crippen LogP contribution in [0, 0.1) is 23.2 Å². The lowest BCUT2D eigenvalue weighted by Crippen LogP contribution is -2.49. The molecule has 1 aliphatic heterocycles. The number of imide groups is 1. The molecular weight excluding hydrogens is 252 g/mol. The van der Waals surface area contributed by atoms with Crippen LogP contribution in [-0.2, 0) is 9.59 Å². The van der Waals surface area contributed by atoms with E-state index in [0.717, 1.165) is 19.3 Å². The minimum Gasteiger partial charge on any atom is -0.315 e. The fraction of sp³-hybridized carbons (Fsp3) is 0.875. The number of amides is 2. The number of hydrogen-bond donors (Lipinski definition) is 1. The number of carbonyl (C=O) groups is 2. The Bertz CT molecular complexity index is 376. The first-order valence-corrected chi connectivity index (χ1v) is 7.82. The topological polar surface area (TPSA) is 49.4 Å². The third kappa shape index (κ3) is 2.62. The smallest absolute Gasteiger partial charge is 0.233 e. The highest BCUT2D eigenvalue weighted by Gasteiger charge is 2.52. The minimum absolute atomic E-state index is 0.0268. The summed E-state index contributed by atoms with van der Waals surface area (Å²) in [5, 5.41) is 3.25. The van der Waals surface area contributed by atoms with Crippen molar-refractivity contribution in [2.75, 3.05) is 13.6 Å². The molecule has 3 unspecified atom stereocenters. The van der Waals surface area contributed by atoms with Gasteiger partial charge in [-0.15, -0.1) is 0 Å². The molecule has 4 nitrogen and oxygen atoms in total. The van der Waals surface area contributed by atoms with Crippen molar-refractivity contribution in [3.8, 4) is 0 Å². The van der Waals surface area contributed by atoms with Crippen LogP contribution < -0.4 is 5.32 Å². The molecule has 2 amide bonds. The van der Waals surface area contributed by atoms with Crippen LogP contribution in [0.4, 0.5) is 0 Å². The maximum absolute atomic E-state index is 12.5. The maximum atomic E-state index is 12.5. The summed E-state index contributed by atoms with van der Waals surface area (Å²) in [5.74, 6) is 0.624. The lowest BCUT2D eigenvalue weighted by Gasteiger charge is -2.33. The van der Waals surface area contributed by atoms with Crippen molar-refractivity contribution in [1.82, 2.24) is 10.2 Å². The highest BCUT2D eigenvalue weighted by molar-refractivity contribution is 6.05. The summed E-state index contributed by atoms with van der Waals surface area (Å²) in [6, 6.07) is 0.135. The molecular formula is C16H28N2O2. The lowest BCUT2D eigenvalue weighted by molar-refractivity contribution is -0.141. The van der Waals surface area contributed by atoms with Crippen LogP contribution in [0.25, 0.3) is 0 Å². The molecule has 2 fully saturated rings. The number of carbonyl (C=O) groups excluding carboxylic acids is 2. The van der Waals surface area contributed by atoms with Crippen LogP contribution in [0.3, 0.4) is 0 Å². The summed E-state index contributed by atoms with van der Waals surface area (Å²) >= 11 is 0. The number of likely N-dealkylation sites (N-methyl/N-ethyl adjacent to an activating group) is 1. The van der Waals surface area contributed by atoms with E-state index in [1.54, 1.807) is 0 Å².